The monoisotopic (exact) mass is 479 g/mol. The van der Waals surface area contributed by atoms with Gasteiger partial charge < -0.3 is 15.8 Å². The van der Waals surface area contributed by atoms with Crippen LogP contribution in [0.3, 0.4) is 0 Å². The maximum absolute atomic E-state index is 13.2. The highest BCUT2D eigenvalue weighted by Gasteiger charge is 2.31. The van der Waals surface area contributed by atoms with Crippen molar-refractivity contribution in [3.8, 4) is 0 Å². The smallest absolute Gasteiger partial charge is 0.410 e. The number of benzene rings is 3. The zero-order chi connectivity index (χ0) is 25.0. The number of carbonyl (C=O) groups excluding carboxylic acids is 2. The number of allylic oxidation sites excluding steroid dienone is 2. The Morgan fingerprint density at radius 1 is 0.914 bits per heavy atom. The number of hydrogen-bond donors (Lipinski definition) is 3. The Bertz CT molecular complexity index is 1300. The van der Waals surface area contributed by atoms with E-state index in [1.807, 2.05) is 18.2 Å². The molecule has 1 aliphatic carbocycles. The van der Waals surface area contributed by atoms with Crippen LogP contribution in [-0.4, -0.2) is 28.7 Å². The van der Waals surface area contributed by atoms with Crippen molar-refractivity contribution >= 4 is 23.1 Å². The Hall–Kier alpha value is -4.40. The average molecular weight is 479 g/mol. The van der Waals surface area contributed by atoms with Crippen LogP contribution >= 0.6 is 0 Å². The van der Waals surface area contributed by atoms with Crippen LogP contribution in [0.1, 0.15) is 27.0 Å². The van der Waals surface area contributed by atoms with Crippen molar-refractivity contribution in [1.82, 2.24) is 5.32 Å². The average Bonchev–Trinajstić information content (AvgIpc) is 2.85. The molecule has 0 bridgehead atoms. The number of anilines is 1. The van der Waals surface area contributed by atoms with Gasteiger partial charge in [0.25, 0.3) is 0 Å². The van der Waals surface area contributed by atoms with Gasteiger partial charge in [-0.15, -0.1) is 0 Å². The molecule has 0 saturated carbocycles. The second kappa shape index (κ2) is 9.84. The third-order valence-electron chi connectivity index (χ3n) is 5.49. The first-order valence-corrected chi connectivity index (χ1v) is 10.6. The molecule has 35 heavy (non-hydrogen) atoms. The van der Waals surface area contributed by atoms with Gasteiger partial charge in [-0.2, -0.15) is 13.2 Å². The standard InChI is InChI=1S/C26H20F3N3O3/c27-26(28,29)17-10-12-18(13-11-17)30-25(34)23(14-16-6-2-1-3-7-16)31-22-15-21(32-35)19-8-4-5-9-20(19)24(22)33/h1-13,15,23,31,35H,14H2,(H,30,34)/t23-/m1/s1. The molecule has 0 radical (unpaired) electrons. The highest BCUT2D eigenvalue weighted by atomic mass is 19.4. The van der Waals surface area contributed by atoms with E-state index >= 15 is 0 Å². The van der Waals surface area contributed by atoms with Gasteiger partial charge in [-0.1, -0.05) is 59.8 Å². The van der Waals surface area contributed by atoms with E-state index in [2.05, 4.69) is 15.8 Å². The molecular weight excluding hydrogens is 459 g/mol. The lowest BCUT2D eigenvalue weighted by Gasteiger charge is -2.24. The molecular formula is C26H20F3N3O3. The van der Waals surface area contributed by atoms with E-state index in [9.17, 15) is 28.0 Å². The fourth-order valence-electron chi connectivity index (χ4n) is 3.74. The Labute approximate surface area is 198 Å². The molecule has 6 nitrogen and oxygen atoms in total. The minimum Gasteiger partial charge on any atom is -0.410 e. The first kappa shape index (κ1) is 23.7. The number of halogens is 3. The zero-order valence-corrected chi connectivity index (χ0v) is 18.2. The number of alkyl halides is 3. The maximum atomic E-state index is 13.2. The van der Waals surface area contributed by atoms with Crippen LogP contribution in [0.2, 0.25) is 0 Å². The maximum Gasteiger partial charge on any atom is 0.416 e. The normalized spacial score (nSPS) is 15.2. The number of carbonyl (C=O) groups is 2. The summed E-state index contributed by atoms with van der Waals surface area (Å²) >= 11 is 0. The van der Waals surface area contributed by atoms with Crippen LogP contribution in [0.5, 0.6) is 0 Å². The lowest BCUT2D eigenvalue weighted by atomic mass is 9.91. The molecule has 1 aliphatic rings. The molecule has 0 spiro atoms. The molecule has 3 N–H and O–H groups in total. The number of nitrogens with zero attached hydrogens (tertiary/aromatic N) is 1. The number of amides is 1. The van der Waals surface area contributed by atoms with E-state index in [4.69, 9.17) is 0 Å². The summed E-state index contributed by atoms with van der Waals surface area (Å²) in [5.41, 5.74) is 1.13. The molecule has 1 atom stereocenters. The molecule has 9 heteroatoms. The third-order valence-corrected chi connectivity index (χ3v) is 5.49. The van der Waals surface area contributed by atoms with Crippen LogP contribution in [0.15, 0.2) is 95.8 Å². The van der Waals surface area contributed by atoms with Crippen molar-refractivity contribution < 1.29 is 28.0 Å². The summed E-state index contributed by atoms with van der Waals surface area (Å²) in [5.74, 6) is -0.933. The minimum absolute atomic E-state index is 0.0556. The van der Waals surface area contributed by atoms with Crippen molar-refractivity contribution in [3.05, 3.63) is 113 Å². The van der Waals surface area contributed by atoms with Gasteiger partial charge in [-0.25, -0.2) is 0 Å². The fraction of sp³-hybridized carbons (Fsp3) is 0.115. The van der Waals surface area contributed by atoms with E-state index in [1.165, 1.54) is 6.08 Å². The Balaban J connectivity index is 1.60. The van der Waals surface area contributed by atoms with Crippen LogP contribution in [0, 0.1) is 0 Å². The number of Topliss-reactive ketones (excluding diaryl/α,β-unsaturated/α-hetero) is 1. The van der Waals surface area contributed by atoms with Gasteiger partial charge in [0.15, 0.2) is 0 Å². The van der Waals surface area contributed by atoms with Crippen molar-refractivity contribution in [2.45, 2.75) is 18.6 Å². The summed E-state index contributed by atoms with van der Waals surface area (Å²) in [6.45, 7) is 0. The molecule has 0 aliphatic heterocycles. The summed E-state index contributed by atoms with van der Waals surface area (Å²) in [6.07, 6.45) is -2.95. The van der Waals surface area contributed by atoms with Crippen molar-refractivity contribution in [2.75, 3.05) is 5.32 Å². The Morgan fingerprint density at radius 3 is 2.17 bits per heavy atom. The molecule has 3 aromatic rings. The molecule has 0 fully saturated rings. The summed E-state index contributed by atoms with van der Waals surface area (Å²) < 4.78 is 38.6. The quantitative estimate of drug-likeness (QED) is 0.350. The predicted molar refractivity (Wildman–Crippen MR) is 124 cm³/mol. The Kier molecular flexibility index (Phi) is 6.68. The molecule has 0 heterocycles. The first-order valence-electron chi connectivity index (χ1n) is 10.6. The lowest BCUT2D eigenvalue weighted by molar-refractivity contribution is -0.137. The first-order chi connectivity index (χ1) is 16.8. The van der Waals surface area contributed by atoms with Gasteiger partial charge in [0, 0.05) is 23.2 Å². The lowest BCUT2D eigenvalue weighted by Crippen LogP contribution is -2.44. The predicted octanol–water partition coefficient (Wildman–Crippen LogP) is 4.80. The van der Waals surface area contributed by atoms with Gasteiger partial charge in [0.2, 0.25) is 11.7 Å². The van der Waals surface area contributed by atoms with Gasteiger partial charge in [0.1, 0.15) is 11.8 Å². The Morgan fingerprint density at radius 2 is 1.54 bits per heavy atom. The van der Waals surface area contributed by atoms with E-state index in [1.54, 1.807) is 36.4 Å². The molecule has 0 unspecified atom stereocenters. The largest absolute Gasteiger partial charge is 0.416 e. The van der Waals surface area contributed by atoms with Crippen molar-refractivity contribution in [3.63, 3.8) is 0 Å². The van der Waals surface area contributed by atoms with Crippen LogP contribution in [0.25, 0.3) is 0 Å². The fourth-order valence-corrected chi connectivity index (χ4v) is 3.74. The summed E-state index contributed by atoms with van der Waals surface area (Å²) in [6, 6.07) is 18.8. The van der Waals surface area contributed by atoms with Gasteiger partial charge in [-0.05, 0) is 35.9 Å². The summed E-state index contributed by atoms with van der Waals surface area (Å²) in [7, 11) is 0. The van der Waals surface area contributed by atoms with E-state index in [0.29, 0.717) is 11.1 Å². The topological polar surface area (TPSA) is 90.8 Å². The molecule has 178 valence electrons. The molecule has 1 amide bonds. The molecule has 0 aromatic heterocycles. The number of nitrogens with one attached hydrogen (secondary N) is 2. The highest BCUT2D eigenvalue weighted by molar-refractivity contribution is 6.26. The molecule has 4 rings (SSSR count). The number of oxime groups is 1. The highest BCUT2D eigenvalue weighted by Crippen LogP contribution is 2.30. The zero-order valence-electron chi connectivity index (χ0n) is 18.2. The third kappa shape index (κ3) is 5.40. The summed E-state index contributed by atoms with van der Waals surface area (Å²) in [5, 5.41) is 18.2. The van der Waals surface area contributed by atoms with Crippen molar-refractivity contribution in [1.29, 1.82) is 0 Å². The summed E-state index contributed by atoms with van der Waals surface area (Å²) in [4.78, 5) is 26.2. The number of ketones is 1. The minimum atomic E-state index is -4.49. The molecule has 0 saturated heterocycles. The number of rotatable bonds is 6. The van der Waals surface area contributed by atoms with E-state index in [0.717, 1.165) is 29.8 Å². The van der Waals surface area contributed by atoms with Gasteiger partial charge >= 0.3 is 6.18 Å². The van der Waals surface area contributed by atoms with E-state index < -0.39 is 23.7 Å². The van der Waals surface area contributed by atoms with Crippen LogP contribution in [-0.2, 0) is 17.4 Å². The van der Waals surface area contributed by atoms with Crippen LogP contribution in [0.4, 0.5) is 18.9 Å². The van der Waals surface area contributed by atoms with Gasteiger partial charge in [-0.3, -0.25) is 9.59 Å². The molecule has 3 aromatic carbocycles. The van der Waals surface area contributed by atoms with Crippen LogP contribution < -0.4 is 10.6 Å². The van der Waals surface area contributed by atoms with Gasteiger partial charge in [0.05, 0.1) is 11.3 Å². The second-order valence-electron chi connectivity index (χ2n) is 7.87. The number of hydrogen-bond acceptors (Lipinski definition) is 5. The van der Waals surface area contributed by atoms with Crippen molar-refractivity contribution in [2.24, 2.45) is 5.16 Å². The second-order valence-corrected chi connectivity index (χ2v) is 7.87. The van der Waals surface area contributed by atoms with E-state index in [-0.39, 0.29) is 29.3 Å². The SMILES string of the molecule is O=C1C(N[C@H](Cc2ccccc2)C(=O)Nc2ccc(C(F)(F)F)cc2)=CC(=NO)c2ccccc21. The number of fused-ring (bicyclic) bond motifs is 1.